The monoisotopic (exact) mass is 428 g/mol. The Morgan fingerprint density at radius 2 is 1.56 bits per heavy atom. The number of aryl methyl sites for hydroxylation is 1. The SMILES string of the molecule is C=CC(CC)(CCCc1cccc(Oc2ccccc2)c1)c1ccc(OCCCC)cc1. The van der Waals surface area contributed by atoms with E-state index >= 15 is 0 Å². The van der Waals surface area contributed by atoms with Gasteiger partial charge in [0.05, 0.1) is 6.61 Å². The van der Waals surface area contributed by atoms with Crippen LogP contribution in [0.15, 0.2) is 91.5 Å². The minimum Gasteiger partial charge on any atom is -0.494 e. The first-order valence-electron chi connectivity index (χ1n) is 11.9. The van der Waals surface area contributed by atoms with Crippen LogP contribution in [-0.2, 0) is 11.8 Å². The molecule has 3 aromatic carbocycles. The first kappa shape index (κ1) is 23.7. The van der Waals surface area contributed by atoms with Crippen LogP contribution in [0.25, 0.3) is 0 Å². The van der Waals surface area contributed by atoms with E-state index < -0.39 is 0 Å². The van der Waals surface area contributed by atoms with Crippen LogP contribution in [0.5, 0.6) is 17.2 Å². The van der Waals surface area contributed by atoms with Crippen molar-refractivity contribution in [2.75, 3.05) is 6.61 Å². The van der Waals surface area contributed by atoms with E-state index in [1.807, 2.05) is 36.4 Å². The molecule has 2 nitrogen and oxygen atoms in total. The molecular weight excluding hydrogens is 392 g/mol. The smallest absolute Gasteiger partial charge is 0.127 e. The number of para-hydroxylation sites is 1. The Labute approximate surface area is 193 Å². The van der Waals surface area contributed by atoms with E-state index in [4.69, 9.17) is 9.47 Å². The molecular formula is C30H36O2. The summed E-state index contributed by atoms with van der Waals surface area (Å²) in [5.41, 5.74) is 2.60. The molecule has 0 heterocycles. The molecule has 32 heavy (non-hydrogen) atoms. The van der Waals surface area contributed by atoms with Crippen LogP contribution in [0.4, 0.5) is 0 Å². The van der Waals surface area contributed by atoms with E-state index in [2.05, 4.69) is 69.0 Å². The van der Waals surface area contributed by atoms with Crippen molar-refractivity contribution in [3.8, 4) is 17.2 Å². The van der Waals surface area contributed by atoms with E-state index in [0.29, 0.717) is 0 Å². The highest BCUT2D eigenvalue weighted by Gasteiger charge is 2.26. The molecule has 0 fully saturated rings. The van der Waals surface area contributed by atoms with Gasteiger partial charge in [0.15, 0.2) is 0 Å². The standard InChI is InChI=1S/C30H36O2/c1-4-7-23-31-27-20-18-26(19-21-27)30(5-2,6-3)22-12-14-25-13-11-17-29(24-25)32-28-15-9-8-10-16-28/h5,8-11,13,15-21,24H,2,4,6-7,12,14,22-23H2,1,3H3. The number of hydrogen-bond acceptors (Lipinski definition) is 2. The summed E-state index contributed by atoms with van der Waals surface area (Å²) >= 11 is 0. The molecule has 0 aliphatic carbocycles. The zero-order chi connectivity index (χ0) is 22.7. The maximum absolute atomic E-state index is 6.00. The van der Waals surface area contributed by atoms with Crippen molar-refractivity contribution < 1.29 is 9.47 Å². The summed E-state index contributed by atoms with van der Waals surface area (Å²) in [6.07, 6.45) is 8.56. The third-order valence-corrected chi connectivity index (χ3v) is 6.18. The summed E-state index contributed by atoms with van der Waals surface area (Å²) in [5.74, 6) is 2.70. The molecule has 0 aromatic heterocycles. The molecule has 1 unspecified atom stereocenters. The number of ether oxygens (including phenoxy) is 2. The maximum Gasteiger partial charge on any atom is 0.127 e. The number of unbranched alkanes of at least 4 members (excludes halogenated alkanes) is 1. The minimum atomic E-state index is -0.0138. The largest absolute Gasteiger partial charge is 0.494 e. The van der Waals surface area contributed by atoms with Gasteiger partial charge in [-0.1, -0.05) is 68.8 Å². The van der Waals surface area contributed by atoms with Crippen molar-refractivity contribution in [2.24, 2.45) is 0 Å². The molecule has 1 atom stereocenters. The van der Waals surface area contributed by atoms with Crippen LogP contribution in [0.2, 0.25) is 0 Å². The lowest BCUT2D eigenvalue weighted by Gasteiger charge is -2.30. The second-order valence-corrected chi connectivity index (χ2v) is 8.36. The number of benzene rings is 3. The average Bonchev–Trinajstić information content (AvgIpc) is 2.84. The van der Waals surface area contributed by atoms with Gasteiger partial charge in [-0.3, -0.25) is 0 Å². The van der Waals surface area contributed by atoms with Crippen LogP contribution in [-0.4, -0.2) is 6.61 Å². The fourth-order valence-electron chi connectivity index (χ4n) is 4.10. The number of rotatable bonds is 13. The topological polar surface area (TPSA) is 18.5 Å². The zero-order valence-corrected chi connectivity index (χ0v) is 19.6. The molecule has 0 spiro atoms. The second kappa shape index (κ2) is 12.1. The van der Waals surface area contributed by atoms with Gasteiger partial charge in [-0.15, -0.1) is 6.58 Å². The fraction of sp³-hybridized carbons (Fsp3) is 0.333. The molecule has 0 amide bonds. The Balaban J connectivity index is 1.61. The lowest BCUT2D eigenvalue weighted by Crippen LogP contribution is -2.22. The molecule has 0 radical (unpaired) electrons. The van der Waals surface area contributed by atoms with Crippen LogP contribution in [0.1, 0.15) is 57.1 Å². The molecule has 3 aromatic rings. The Morgan fingerprint density at radius 1 is 0.812 bits per heavy atom. The molecule has 0 bridgehead atoms. The van der Waals surface area contributed by atoms with Crippen LogP contribution in [0, 0.1) is 0 Å². The Hall–Kier alpha value is -3.00. The molecule has 0 aliphatic rings. The van der Waals surface area contributed by atoms with Crippen molar-refractivity contribution in [3.05, 3.63) is 103 Å². The van der Waals surface area contributed by atoms with Gasteiger partial charge >= 0.3 is 0 Å². The van der Waals surface area contributed by atoms with Gasteiger partial charge in [0, 0.05) is 5.41 Å². The van der Waals surface area contributed by atoms with Gasteiger partial charge < -0.3 is 9.47 Å². The van der Waals surface area contributed by atoms with Crippen molar-refractivity contribution >= 4 is 0 Å². The summed E-state index contributed by atoms with van der Waals surface area (Å²) in [7, 11) is 0. The summed E-state index contributed by atoms with van der Waals surface area (Å²) in [4.78, 5) is 0. The number of allylic oxidation sites excluding steroid dienone is 1. The van der Waals surface area contributed by atoms with Gasteiger partial charge in [-0.25, -0.2) is 0 Å². The normalized spacial score (nSPS) is 12.7. The summed E-state index contributed by atoms with van der Waals surface area (Å²) in [5, 5.41) is 0. The highest BCUT2D eigenvalue weighted by atomic mass is 16.5. The van der Waals surface area contributed by atoms with Gasteiger partial charge in [0.2, 0.25) is 0 Å². The lowest BCUT2D eigenvalue weighted by atomic mass is 9.74. The van der Waals surface area contributed by atoms with E-state index in [1.54, 1.807) is 0 Å². The number of hydrogen-bond donors (Lipinski definition) is 0. The zero-order valence-electron chi connectivity index (χ0n) is 19.6. The van der Waals surface area contributed by atoms with E-state index in [9.17, 15) is 0 Å². The van der Waals surface area contributed by atoms with Gasteiger partial charge in [-0.05, 0) is 79.6 Å². The first-order chi connectivity index (χ1) is 15.7. The molecule has 0 saturated heterocycles. The van der Waals surface area contributed by atoms with Gasteiger partial charge in [-0.2, -0.15) is 0 Å². The Morgan fingerprint density at radius 3 is 2.25 bits per heavy atom. The van der Waals surface area contributed by atoms with Crippen molar-refractivity contribution in [1.29, 1.82) is 0 Å². The van der Waals surface area contributed by atoms with Crippen molar-refractivity contribution in [3.63, 3.8) is 0 Å². The maximum atomic E-state index is 6.00. The Kier molecular flexibility index (Phi) is 8.98. The first-order valence-corrected chi connectivity index (χ1v) is 11.9. The second-order valence-electron chi connectivity index (χ2n) is 8.36. The van der Waals surface area contributed by atoms with Crippen LogP contribution in [0.3, 0.4) is 0 Å². The third-order valence-electron chi connectivity index (χ3n) is 6.18. The Bertz CT molecular complexity index is 946. The minimum absolute atomic E-state index is 0.0138. The van der Waals surface area contributed by atoms with Gasteiger partial charge in [0.1, 0.15) is 17.2 Å². The third kappa shape index (κ3) is 6.50. The van der Waals surface area contributed by atoms with E-state index in [0.717, 1.165) is 62.4 Å². The molecule has 168 valence electrons. The molecule has 3 rings (SSSR count). The molecule has 0 aliphatic heterocycles. The predicted molar refractivity (Wildman–Crippen MR) is 135 cm³/mol. The highest BCUT2D eigenvalue weighted by Crippen LogP contribution is 2.36. The van der Waals surface area contributed by atoms with Crippen molar-refractivity contribution in [1.82, 2.24) is 0 Å². The average molecular weight is 429 g/mol. The van der Waals surface area contributed by atoms with Crippen molar-refractivity contribution in [2.45, 2.75) is 57.8 Å². The quantitative estimate of drug-likeness (QED) is 0.201. The predicted octanol–water partition coefficient (Wildman–Crippen LogP) is 8.51. The summed E-state index contributed by atoms with van der Waals surface area (Å²) in [6.45, 7) is 9.41. The van der Waals surface area contributed by atoms with Crippen LogP contribution >= 0.6 is 0 Å². The molecule has 2 heteroatoms. The summed E-state index contributed by atoms with van der Waals surface area (Å²) < 4.78 is 11.8. The lowest BCUT2D eigenvalue weighted by molar-refractivity contribution is 0.309. The van der Waals surface area contributed by atoms with E-state index in [1.165, 1.54) is 11.1 Å². The summed E-state index contributed by atoms with van der Waals surface area (Å²) in [6, 6.07) is 27.0. The van der Waals surface area contributed by atoms with Crippen LogP contribution < -0.4 is 9.47 Å². The fourth-order valence-corrected chi connectivity index (χ4v) is 4.10. The highest BCUT2D eigenvalue weighted by molar-refractivity contribution is 5.36. The van der Waals surface area contributed by atoms with E-state index in [-0.39, 0.29) is 5.41 Å². The molecule has 0 saturated carbocycles. The van der Waals surface area contributed by atoms with Gasteiger partial charge in [0.25, 0.3) is 0 Å². The molecule has 0 N–H and O–H groups in total.